The van der Waals surface area contributed by atoms with Gasteiger partial charge in [-0.25, -0.2) is 4.57 Å². The van der Waals surface area contributed by atoms with Crippen LogP contribution in [0.1, 0.15) is 13.8 Å². The van der Waals surface area contributed by atoms with E-state index in [0.717, 1.165) is 0 Å². The zero-order chi connectivity index (χ0) is 7.07. The molecule has 1 rings (SSSR count). The second-order valence-corrected chi connectivity index (χ2v) is 3.45. The number of phosphoric acid groups is 1. The predicted octanol–water partition coefficient (Wildman–Crippen LogP) is 0.911. The molecular formula is C4H9O4P. The van der Waals surface area contributed by atoms with Crippen molar-refractivity contribution in [2.75, 3.05) is 0 Å². The largest absolute Gasteiger partial charge is 0.472 e. The molecule has 2 atom stereocenters. The topological polar surface area (TPSA) is 55.8 Å². The minimum absolute atomic E-state index is 0.277. The lowest BCUT2D eigenvalue weighted by atomic mass is 10.3. The summed E-state index contributed by atoms with van der Waals surface area (Å²) in [5.74, 6) is 0. The van der Waals surface area contributed by atoms with Crippen LogP contribution in [0.15, 0.2) is 0 Å². The molecular weight excluding hydrogens is 143 g/mol. The van der Waals surface area contributed by atoms with E-state index in [0.29, 0.717) is 0 Å². The van der Waals surface area contributed by atoms with Crippen molar-refractivity contribution in [2.24, 2.45) is 0 Å². The third-order valence-corrected chi connectivity index (χ3v) is 2.46. The summed E-state index contributed by atoms with van der Waals surface area (Å²) in [4.78, 5) is 8.65. The fraction of sp³-hybridized carbons (Fsp3) is 1.00. The molecule has 0 saturated carbocycles. The van der Waals surface area contributed by atoms with Crippen LogP contribution in [0.4, 0.5) is 0 Å². The molecule has 0 amide bonds. The molecule has 1 N–H and O–H groups in total. The highest BCUT2D eigenvalue weighted by atomic mass is 31.2. The first-order chi connectivity index (χ1) is 4.01. The first kappa shape index (κ1) is 7.22. The van der Waals surface area contributed by atoms with Crippen molar-refractivity contribution in [3.05, 3.63) is 0 Å². The van der Waals surface area contributed by atoms with Gasteiger partial charge in [0.25, 0.3) is 0 Å². The van der Waals surface area contributed by atoms with Crippen LogP contribution >= 0.6 is 7.82 Å². The number of hydrogen-bond donors (Lipinski definition) is 1. The Morgan fingerprint density at radius 3 is 1.78 bits per heavy atom. The Kier molecular flexibility index (Phi) is 1.65. The second kappa shape index (κ2) is 2.06. The third kappa shape index (κ3) is 1.52. The summed E-state index contributed by atoms with van der Waals surface area (Å²) in [6.07, 6.45) is -0.554. The van der Waals surface area contributed by atoms with Gasteiger partial charge in [-0.2, -0.15) is 0 Å². The zero-order valence-corrected chi connectivity index (χ0v) is 6.17. The van der Waals surface area contributed by atoms with Gasteiger partial charge in [0.15, 0.2) is 0 Å². The van der Waals surface area contributed by atoms with E-state index in [4.69, 9.17) is 4.89 Å². The molecule has 0 aromatic heterocycles. The van der Waals surface area contributed by atoms with E-state index in [1.807, 2.05) is 0 Å². The minimum Gasteiger partial charge on any atom is -0.302 e. The van der Waals surface area contributed by atoms with Gasteiger partial charge in [-0.15, -0.1) is 0 Å². The van der Waals surface area contributed by atoms with Crippen LogP contribution < -0.4 is 0 Å². The van der Waals surface area contributed by atoms with Gasteiger partial charge in [-0.1, -0.05) is 0 Å². The fourth-order valence-electron chi connectivity index (χ4n) is 0.616. The average molecular weight is 152 g/mol. The summed E-state index contributed by atoms with van der Waals surface area (Å²) in [6.45, 7) is 3.39. The fourth-order valence-corrected chi connectivity index (χ4v) is 1.85. The lowest BCUT2D eigenvalue weighted by Crippen LogP contribution is -2.13. The molecule has 0 bridgehead atoms. The molecule has 1 aliphatic rings. The molecule has 54 valence electrons. The van der Waals surface area contributed by atoms with Gasteiger partial charge in [0, 0.05) is 0 Å². The number of hydrogen-bond acceptors (Lipinski definition) is 3. The molecule has 2 unspecified atom stereocenters. The maximum absolute atomic E-state index is 10.5. The van der Waals surface area contributed by atoms with Crippen LogP contribution in [-0.2, 0) is 13.6 Å². The first-order valence-corrected chi connectivity index (χ1v) is 4.20. The summed E-state index contributed by atoms with van der Waals surface area (Å²) >= 11 is 0. The van der Waals surface area contributed by atoms with Crippen LogP contribution in [0.5, 0.6) is 0 Å². The molecule has 4 nitrogen and oxygen atoms in total. The normalized spacial score (nSPS) is 51.9. The molecule has 0 spiro atoms. The lowest BCUT2D eigenvalue weighted by molar-refractivity contribution is 0.187. The minimum atomic E-state index is -3.66. The second-order valence-electron chi connectivity index (χ2n) is 2.09. The number of phosphoric ester groups is 1. The van der Waals surface area contributed by atoms with Gasteiger partial charge in [0.2, 0.25) is 0 Å². The van der Waals surface area contributed by atoms with Gasteiger partial charge >= 0.3 is 7.82 Å². The highest BCUT2D eigenvalue weighted by molar-refractivity contribution is 7.47. The highest BCUT2D eigenvalue weighted by Gasteiger charge is 2.38. The quantitative estimate of drug-likeness (QED) is 0.524. The molecule has 0 radical (unpaired) electrons. The summed E-state index contributed by atoms with van der Waals surface area (Å²) in [6, 6.07) is 0. The Morgan fingerprint density at radius 1 is 1.33 bits per heavy atom. The van der Waals surface area contributed by atoms with Crippen molar-refractivity contribution < 1.29 is 18.5 Å². The molecule has 1 saturated heterocycles. The smallest absolute Gasteiger partial charge is 0.302 e. The van der Waals surface area contributed by atoms with E-state index in [1.54, 1.807) is 13.8 Å². The van der Waals surface area contributed by atoms with E-state index < -0.39 is 7.82 Å². The highest BCUT2D eigenvalue weighted by Crippen LogP contribution is 2.52. The van der Waals surface area contributed by atoms with Crippen LogP contribution in [0.25, 0.3) is 0 Å². The van der Waals surface area contributed by atoms with E-state index in [-0.39, 0.29) is 12.2 Å². The SMILES string of the molecule is CC1OP(=O)(O)OC1C. The van der Waals surface area contributed by atoms with Gasteiger partial charge in [-0.05, 0) is 13.8 Å². The van der Waals surface area contributed by atoms with Gasteiger partial charge in [0.1, 0.15) is 0 Å². The molecule has 0 aliphatic carbocycles. The predicted molar refractivity (Wildman–Crippen MR) is 30.9 cm³/mol. The Morgan fingerprint density at radius 2 is 1.67 bits per heavy atom. The Labute approximate surface area is 53.4 Å². The van der Waals surface area contributed by atoms with Crippen molar-refractivity contribution in [1.82, 2.24) is 0 Å². The van der Waals surface area contributed by atoms with Gasteiger partial charge in [-0.3, -0.25) is 9.05 Å². The molecule has 1 heterocycles. The van der Waals surface area contributed by atoms with Crippen molar-refractivity contribution in [1.29, 1.82) is 0 Å². The molecule has 0 aromatic carbocycles. The van der Waals surface area contributed by atoms with Crippen molar-refractivity contribution in [2.45, 2.75) is 26.1 Å². The van der Waals surface area contributed by atoms with Crippen LogP contribution in [0, 0.1) is 0 Å². The molecule has 5 heteroatoms. The van der Waals surface area contributed by atoms with E-state index >= 15 is 0 Å². The van der Waals surface area contributed by atoms with E-state index in [9.17, 15) is 4.57 Å². The zero-order valence-electron chi connectivity index (χ0n) is 5.27. The van der Waals surface area contributed by atoms with Gasteiger partial charge in [0.05, 0.1) is 12.2 Å². The molecule has 1 aliphatic heterocycles. The third-order valence-electron chi connectivity index (χ3n) is 1.26. The van der Waals surface area contributed by atoms with Crippen LogP contribution in [-0.4, -0.2) is 17.1 Å². The standard InChI is InChI=1S/C4H9O4P/c1-3-4(2)8-9(5,6)7-3/h3-4H,1-2H3,(H,5,6). The summed E-state index contributed by atoms with van der Waals surface area (Å²) in [5.41, 5.74) is 0. The Bertz CT molecular complexity index is 143. The molecule has 0 aromatic rings. The van der Waals surface area contributed by atoms with Crippen LogP contribution in [0.2, 0.25) is 0 Å². The number of rotatable bonds is 0. The molecule has 1 fully saturated rings. The first-order valence-electron chi connectivity index (χ1n) is 2.71. The monoisotopic (exact) mass is 152 g/mol. The average Bonchev–Trinajstić information content (AvgIpc) is 1.79. The molecule has 9 heavy (non-hydrogen) atoms. The Hall–Kier alpha value is 0.110. The maximum Gasteiger partial charge on any atom is 0.472 e. The van der Waals surface area contributed by atoms with Crippen molar-refractivity contribution in [3.8, 4) is 0 Å². The summed E-state index contributed by atoms with van der Waals surface area (Å²) in [5, 5.41) is 0. The lowest BCUT2D eigenvalue weighted by Gasteiger charge is -2.00. The summed E-state index contributed by atoms with van der Waals surface area (Å²) < 4.78 is 19.6. The maximum atomic E-state index is 10.5. The van der Waals surface area contributed by atoms with E-state index in [1.165, 1.54) is 0 Å². The summed E-state index contributed by atoms with van der Waals surface area (Å²) in [7, 11) is -3.66. The van der Waals surface area contributed by atoms with E-state index in [2.05, 4.69) is 9.05 Å². The Balaban J connectivity index is 2.65. The van der Waals surface area contributed by atoms with Gasteiger partial charge < -0.3 is 4.89 Å². The van der Waals surface area contributed by atoms with Crippen LogP contribution in [0.3, 0.4) is 0 Å². The van der Waals surface area contributed by atoms with Crippen molar-refractivity contribution >= 4 is 7.82 Å². The van der Waals surface area contributed by atoms with Crippen molar-refractivity contribution in [3.63, 3.8) is 0 Å².